The van der Waals surface area contributed by atoms with Crippen molar-refractivity contribution in [3.05, 3.63) is 16.6 Å². The van der Waals surface area contributed by atoms with Crippen molar-refractivity contribution in [2.45, 2.75) is 25.4 Å². The Balaban J connectivity index is 2.18. The molecule has 0 aromatic carbocycles. The van der Waals surface area contributed by atoms with Gasteiger partial charge in [0.2, 0.25) is 5.91 Å². The third kappa shape index (κ3) is 4.69. The Morgan fingerprint density at radius 1 is 1.75 bits per heavy atom. The molecule has 0 saturated carbocycles. The number of carbonyl (C=O) groups excluding carboxylic acids is 1. The molecule has 1 heterocycles. The highest BCUT2D eigenvalue weighted by atomic mass is 32.1. The van der Waals surface area contributed by atoms with Crippen molar-refractivity contribution in [2.24, 2.45) is 5.73 Å². The van der Waals surface area contributed by atoms with Crippen LogP contribution < -0.4 is 11.1 Å². The predicted octanol–water partition coefficient (Wildman–Crippen LogP) is 0.513. The Morgan fingerprint density at radius 3 is 3.19 bits per heavy atom. The van der Waals surface area contributed by atoms with E-state index in [4.69, 9.17) is 10.5 Å². The molecule has 90 valence electrons. The van der Waals surface area contributed by atoms with E-state index in [1.54, 1.807) is 13.3 Å². The number of nitrogens with two attached hydrogens (primary N) is 1. The number of methoxy groups -OCH3 is 1. The van der Waals surface area contributed by atoms with Crippen LogP contribution in [0.15, 0.2) is 11.6 Å². The average Bonchev–Trinajstić information content (AvgIpc) is 2.79. The first-order valence-electron chi connectivity index (χ1n) is 5.14. The number of nitrogens with zero attached hydrogens (tertiary/aromatic N) is 1. The van der Waals surface area contributed by atoms with E-state index in [0.717, 1.165) is 11.4 Å². The lowest BCUT2D eigenvalue weighted by atomic mass is 10.1. The van der Waals surface area contributed by atoms with Crippen molar-refractivity contribution in [1.82, 2.24) is 10.3 Å². The van der Waals surface area contributed by atoms with Gasteiger partial charge in [-0.1, -0.05) is 0 Å². The number of hydrogen-bond acceptors (Lipinski definition) is 5. The van der Waals surface area contributed by atoms with Gasteiger partial charge in [-0.05, 0) is 12.8 Å². The molecular weight excluding hydrogens is 226 g/mol. The number of amides is 1. The zero-order valence-electron chi connectivity index (χ0n) is 9.31. The Labute approximate surface area is 99.0 Å². The fraction of sp³-hybridized carbons (Fsp3) is 0.600. The van der Waals surface area contributed by atoms with E-state index >= 15 is 0 Å². The number of hydrogen-bond donors (Lipinski definition) is 2. The zero-order chi connectivity index (χ0) is 11.8. The summed E-state index contributed by atoms with van der Waals surface area (Å²) >= 11 is 1.51. The minimum Gasteiger partial charge on any atom is -0.385 e. The number of rotatable bonds is 7. The highest BCUT2D eigenvalue weighted by Gasteiger charge is 2.12. The summed E-state index contributed by atoms with van der Waals surface area (Å²) in [7, 11) is 1.63. The van der Waals surface area contributed by atoms with Crippen molar-refractivity contribution >= 4 is 17.2 Å². The second-order valence-electron chi connectivity index (χ2n) is 3.39. The molecule has 0 aliphatic carbocycles. The largest absolute Gasteiger partial charge is 0.385 e. The number of ether oxygens (including phenoxy) is 1. The SMILES string of the molecule is COCCCC(N)C(=O)NCc1nccs1. The second-order valence-corrected chi connectivity index (χ2v) is 4.36. The van der Waals surface area contributed by atoms with Crippen LogP contribution in [0.2, 0.25) is 0 Å². The van der Waals surface area contributed by atoms with Gasteiger partial charge in [0.1, 0.15) is 5.01 Å². The number of aromatic nitrogens is 1. The van der Waals surface area contributed by atoms with Crippen molar-refractivity contribution < 1.29 is 9.53 Å². The molecule has 0 spiro atoms. The van der Waals surface area contributed by atoms with Gasteiger partial charge in [-0.15, -0.1) is 11.3 Å². The van der Waals surface area contributed by atoms with Gasteiger partial charge in [0.05, 0.1) is 12.6 Å². The van der Waals surface area contributed by atoms with Gasteiger partial charge >= 0.3 is 0 Å². The highest BCUT2D eigenvalue weighted by molar-refractivity contribution is 7.09. The van der Waals surface area contributed by atoms with Gasteiger partial charge in [-0.3, -0.25) is 4.79 Å². The first-order valence-corrected chi connectivity index (χ1v) is 6.02. The summed E-state index contributed by atoms with van der Waals surface area (Å²) in [5, 5.41) is 5.52. The van der Waals surface area contributed by atoms with Crippen LogP contribution in [0.1, 0.15) is 17.8 Å². The van der Waals surface area contributed by atoms with Crippen LogP contribution in [-0.2, 0) is 16.1 Å². The van der Waals surface area contributed by atoms with Crippen LogP contribution in [0.5, 0.6) is 0 Å². The lowest BCUT2D eigenvalue weighted by Gasteiger charge is -2.10. The lowest BCUT2D eigenvalue weighted by Crippen LogP contribution is -2.40. The van der Waals surface area contributed by atoms with E-state index in [2.05, 4.69) is 10.3 Å². The highest BCUT2D eigenvalue weighted by Crippen LogP contribution is 2.03. The fourth-order valence-electron chi connectivity index (χ4n) is 1.21. The number of nitrogens with one attached hydrogen (secondary N) is 1. The van der Waals surface area contributed by atoms with E-state index in [-0.39, 0.29) is 5.91 Å². The van der Waals surface area contributed by atoms with Crippen LogP contribution in [0.3, 0.4) is 0 Å². The summed E-state index contributed by atoms with van der Waals surface area (Å²) in [6, 6.07) is -0.463. The maximum atomic E-state index is 11.5. The molecule has 1 atom stereocenters. The van der Waals surface area contributed by atoms with Crippen LogP contribution in [0, 0.1) is 0 Å². The van der Waals surface area contributed by atoms with E-state index in [9.17, 15) is 4.79 Å². The normalized spacial score (nSPS) is 12.4. The second kappa shape index (κ2) is 7.32. The van der Waals surface area contributed by atoms with Gasteiger partial charge < -0.3 is 15.8 Å². The molecule has 1 aromatic rings. The van der Waals surface area contributed by atoms with Crippen LogP contribution in [0.4, 0.5) is 0 Å². The van der Waals surface area contributed by atoms with Crippen LogP contribution in [0.25, 0.3) is 0 Å². The molecule has 16 heavy (non-hydrogen) atoms. The monoisotopic (exact) mass is 243 g/mol. The Hall–Kier alpha value is -0.980. The zero-order valence-corrected chi connectivity index (χ0v) is 10.1. The van der Waals surface area contributed by atoms with Gasteiger partial charge in [0.25, 0.3) is 0 Å². The Bertz CT molecular complexity index is 303. The maximum absolute atomic E-state index is 11.5. The molecule has 0 radical (unpaired) electrons. The molecule has 1 rings (SSSR count). The molecule has 0 aliphatic heterocycles. The molecule has 1 aromatic heterocycles. The first-order chi connectivity index (χ1) is 7.74. The molecular formula is C10H17N3O2S. The third-order valence-corrected chi connectivity index (χ3v) is 2.88. The molecule has 1 unspecified atom stereocenters. The summed E-state index contributed by atoms with van der Waals surface area (Å²) in [5.74, 6) is -0.133. The summed E-state index contributed by atoms with van der Waals surface area (Å²) < 4.78 is 4.90. The van der Waals surface area contributed by atoms with E-state index < -0.39 is 6.04 Å². The Kier molecular flexibility index (Phi) is 5.99. The van der Waals surface area contributed by atoms with Crippen molar-refractivity contribution in [3.8, 4) is 0 Å². The molecule has 1 amide bonds. The molecule has 0 bridgehead atoms. The summed E-state index contributed by atoms with van der Waals surface area (Å²) in [4.78, 5) is 15.6. The Morgan fingerprint density at radius 2 is 2.56 bits per heavy atom. The van der Waals surface area contributed by atoms with Gasteiger partial charge in [-0.25, -0.2) is 4.98 Å². The van der Waals surface area contributed by atoms with Crippen molar-refractivity contribution in [2.75, 3.05) is 13.7 Å². The van der Waals surface area contributed by atoms with E-state index in [1.807, 2.05) is 5.38 Å². The predicted molar refractivity (Wildman–Crippen MR) is 63.0 cm³/mol. The van der Waals surface area contributed by atoms with E-state index in [0.29, 0.717) is 19.6 Å². The molecule has 5 nitrogen and oxygen atoms in total. The van der Waals surface area contributed by atoms with Crippen LogP contribution in [-0.4, -0.2) is 30.6 Å². The lowest BCUT2D eigenvalue weighted by molar-refractivity contribution is -0.122. The smallest absolute Gasteiger partial charge is 0.237 e. The number of carbonyl (C=O) groups is 1. The number of thiazole rings is 1. The molecule has 6 heteroatoms. The minimum atomic E-state index is -0.463. The third-order valence-electron chi connectivity index (χ3n) is 2.10. The fourth-order valence-corrected chi connectivity index (χ4v) is 1.77. The van der Waals surface area contributed by atoms with Gasteiger partial charge in [0.15, 0.2) is 0 Å². The van der Waals surface area contributed by atoms with Crippen molar-refractivity contribution in [1.29, 1.82) is 0 Å². The molecule has 0 saturated heterocycles. The van der Waals surface area contributed by atoms with Crippen molar-refractivity contribution in [3.63, 3.8) is 0 Å². The first kappa shape index (κ1) is 13.1. The van der Waals surface area contributed by atoms with Gasteiger partial charge in [0, 0.05) is 25.3 Å². The molecule has 3 N–H and O–H groups in total. The van der Waals surface area contributed by atoms with E-state index in [1.165, 1.54) is 11.3 Å². The minimum absolute atomic E-state index is 0.133. The summed E-state index contributed by atoms with van der Waals surface area (Å²) in [6.45, 7) is 1.09. The van der Waals surface area contributed by atoms with Crippen LogP contribution >= 0.6 is 11.3 Å². The summed E-state index contributed by atoms with van der Waals surface area (Å²) in [6.07, 6.45) is 3.14. The molecule has 0 aliphatic rings. The summed E-state index contributed by atoms with van der Waals surface area (Å²) in [5.41, 5.74) is 5.71. The molecule has 0 fully saturated rings. The average molecular weight is 243 g/mol. The standard InChI is InChI=1S/C10H17N3O2S/c1-15-5-2-3-8(11)10(14)13-7-9-12-4-6-16-9/h4,6,8H,2-3,5,7,11H2,1H3,(H,13,14). The quantitative estimate of drug-likeness (QED) is 0.684. The topological polar surface area (TPSA) is 77.2 Å². The maximum Gasteiger partial charge on any atom is 0.237 e. The van der Waals surface area contributed by atoms with Gasteiger partial charge in [-0.2, -0.15) is 0 Å².